The molecule has 3 rings (SSSR count). The minimum absolute atomic E-state index is 0.0491. The van der Waals surface area contributed by atoms with Gasteiger partial charge in [-0.2, -0.15) is 0 Å². The Balaban J connectivity index is 1.59. The molecule has 2 atom stereocenters. The van der Waals surface area contributed by atoms with E-state index in [9.17, 15) is 4.79 Å². The van der Waals surface area contributed by atoms with Gasteiger partial charge in [0.1, 0.15) is 12.1 Å². The molecule has 0 amide bonds. The van der Waals surface area contributed by atoms with Gasteiger partial charge in [0, 0.05) is 45.0 Å². The van der Waals surface area contributed by atoms with Crippen LogP contribution in [0.25, 0.3) is 0 Å². The number of hydrogen-bond donors (Lipinski definition) is 0. The smallest absolute Gasteiger partial charge is 0.323 e. The van der Waals surface area contributed by atoms with Gasteiger partial charge in [-0.05, 0) is 13.0 Å². The summed E-state index contributed by atoms with van der Waals surface area (Å²) in [4.78, 5) is 24.6. The second-order valence-electron chi connectivity index (χ2n) is 5.07. The third-order valence-electron chi connectivity index (χ3n) is 3.73. The van der Waals surface area contributed by atoms with Crippen LogP contribution in [-0.2, 0) is 9.53 Å². The van der Waals surface area contributed by atoms with Crippen LogP contribution < -0.4 is 4.90 Å². The summed E-state index contributed by atoms with van der Waals surface area (Å²) in [6.07, 6.45) is 4.36. The summed E-state index contributed by atoms with van der Waals surface area (Å²) >= 11 is 0. The molecule has 0 unspecified atom stereocenters. The summed E-state index contributed by atoms with van der Waals surface area (Å²) in [5, 5.41) is 0. The Labute approximate surface area is 112 Å². The molecular formula is C13H18N4O2. The van der Waals surface area contributed by atoms with E-state index >= 15 is 0 Å². The standard InChI is InChI=1S/C13H18N4O2/c1-10-9-11(12(18)19-10)16-5-7-17(8-6-16)13-14-3-2-4-15-13/h2-4,10-11H,5-9H2,1H3/t10-,11-/m1/s1. The maximum Gasteiger partial charge on any atom is 0.323 e. The number of anilines is 1. The molecule has 1 aromatic heterocycles. The highest BCUT2D eigenvalue weighted by atomic mass is 16.6. The van der Waals surface area contributed by atoms with E-state index in [4.69, 9.17) is 4.74 Å². The monoisotopic (exact) mass is 262 g/mol. The van der Waals surface area contributed by atoms with Gasteiger partial charge >= 0.3 is 5.97 Å². The predicted molar refractivity (Wildman–Crippen MR) is 69.8 cm³/mol. The molecule has 2 fully saturated rings. The van der Waals surface area contributed by atoms with Crippen molar-refractivity contribution in [1.82, 2.24) is 14.9 Å². The van der Waals surface area contributed by atoms with Gasteiger partial charge in [0.15, 0.2) is 0 Å². The lowest BCUT2D eigenvalue weighted by Crippen LogP contribution is -2.52. The van der Waals surface area contributed by atoms with Crippen molar-refractivity contribution in [3.63, 3.8) is 0 Å². The molecule has 0 N–H and O–H groups in total. The molecule has 102 valence electrons. The van der Waals surface area contributed by atoms with Gasteiger partial charge in [-0.15, -0.1) is 0 Å². The number of carbonyl (C=O) groups excluding carboxylic acids is 1. The number of cyclic esters (lactones) is 1. The third-order valence-corrected chi connectivity index (χ3v) is 3.73. The number of aromatic nitrogens is 2. The molecule has 0 saturated carbocycles. The molecule has 0 aliphatic carbocycles. The topological polar surface area (TPSA) is 58.6 Å². The fourth-order valence-electron chi connectivity index (χ4n) is 2.72. The highest BCUT2D eigenvalue weighted by Gasteiger charge is 2.37. The lowest BCUT2D eigenvalue weighted by Gasteiger charge is -2.36. The first-order valence-electron chi connectivity index (χ1n) is 6.70. The molecule has 2 saturated heterocycles. The fourth-order valence-corrected chi connectivity index (χ4v) is 2.72. The van der Waals surface area contributed by atoms with Crippen molar-refractivity contribution in [2.24, 2.45) is 0 Å². The highest BCUT2D eigenvalue weighted by molar-refractivity contribution is 5.78. The average molecular weight is 262 g/mol. The lowest BCUT2D eigenvalue weighted by molar-refractivity contribution is -0.144. The number of nitrogens with zero attached hydrogens (tertiary/aromatic N) is 4. The van der Waals surface area contributed by atoms with Crippen LogP contribution in [0.2, 0.25) is 0 Å². The van der Waals surface area contributed by atoms with Crippen LogP contribution in [0.3, 0.4) is 0 Å². The zero-order valence-corrected chi connectivity index (χ0v) is 11.0. The molecular weight excluding hydrogens is 244 g/mol. The molecule has 3 heterocycles. The second kappa shape index (κ2) is 5.13. The molecule has 1 aromatic rings. The summed E-state index contributed by atoms with van der Waals surface area (Å²) in [7, 11) is 0. The first kappa shape index (κ1) is 12.3. The van der Waals surface area contributed by atoms with E-state index in [0.717, 1.165) is 38.5 Å². The molecule has 0 aromatic carbocycles. The second-order valence-corrected chi connectivity index (χ2v) is 5.07. The van der Waals surface area contributed by atoms with Crippen LogP contribution in [0, 0.1) is 0 Å². The molecule has 19 heavy (non-hydrogen) atoms. The van der Waals surface area contributed by atoms with Crippen LogP contribution in [0.15, 0.2) is 18.5 Å². The Morgan fingerprint density at radius 3 is 2.47 bits per heavy atom. The zero-order valence-electron chi connectivity index (χ0n) is 11.0. The van der Waals surface area contributed by atoms with Crippen molar-refractivity contribution in [3.8, 4) is 0 Å². The average Bonchev–Trinajstić information content (AvgIpc) is 2.79. The third kappa shape index (κ3) is 2.53. The Morgan fingerprint density at radius 2 is 1.89 bits per heavy atom. The summed E-state index contributed by atoms with van der Waals surface area (Å²) < 4.78 is 5.22. The summed E-state index contributed by atoms with van der Waals surface area (Å²) in [6.45, 7) is 5.35. The maximum atomic E-state index is 11.7. The zero-order chi connectivity index (χ0) is 13.2. The van der Waals surface area contributed by atoms with Crippen molar-refractivity contribution < 1.29 is 9.53 Å². The van der Waals surface area contributed by atoms with E-state index in [-0.39, 0.29) is 18.1 Å². The summed E-state index contributed by atoms with van der Waals surface area (Å²) in [5.74, 6) is 0.696. The van der Waals surface area contributed by atoms with Crippen LogP contribution in [0.5, 0.6) is 0 Å². The molecule has 0 bridgehead atoms. The largest absolute Gasteiger partial charge is 0.461 e. The van der Waals surface area contributed by atoms with Gasteiger partial charge in [0.25, 0.3) is 0 Å². The quantitative estimate of drug-likeness (QED) is 0.715. The Morgan fingerprint density at radius 1 is 1.21 bits per heavy atom. The maximum absolute atomic E-state index is 11.7. The van der Waals surface area contributed by atoms with E-state index in [1.165, 1.54) is 0 Å². The Hall–Kier alpha value is -1.69. The highest BCUT2D eigenvalue weighted by Crippen LogP contribution is 2.21. The molecule has 0 spiro atoms. The van der Waals surface area contributed by atoms with Gasteiger partial charge in [0.2, 0.25) is 5.95 Å². The molecule has 0 radical (unpaired) electrons. The first-order valence-corrected chi connectivity index (χ1v) is 6.70. The van der Waals surface area contributed by atoms with Crippen LogP contribution in [0.1, 0.15) is 13.3 Å². The van der Waals surface area contributed by atoms with Crippen molar-refractivity contribution in [2.45, 2.75) is 25.5 Å². The normalized spacial score (nSPS) is 28.5. The molecule has 2 aliphatic heterocycles. The number of rotatable bonds is 2. The van der Waals surface area contributed by atoms with Crippen molar-refractivity contribution in [1.29, 1.82) is 0 Å². The van der Waals surface area contributed by atoms with Gasteiger partial charge in [-0.3, -0.25) is 9.69 Å². The van der Waals surface area contributed by atoms with E-state index in [2.05, 4.69) is 19.8 Å². The minimum atomic E-state index is -0.0723. The SMILES string of the molecule is C[C@@H]1C[C@@H](N2CCN(c3ncccn3)CC2)C(=O)O1. The van der Waals surface area contributed by atoms with Crippen LogP contribution >= 0.6 is 0 Å². The minimum Gasteiger partial charge on any atom is -0.461 e. The van der Waals surface area contributed by atoms with Crippen molar-refractivity contribution in [2.75, 3.05) is 31.1 Å². The lowest BCUT2D eigenvalue weighted by atomic mass is 10.1. The summed E-state index contributed by atoms with van der Waals surface area (Å²) in [5.41, 5.74) is 0. The van der Waals surface area contributed by atoms with Crippen molar-refractivity contribution in [3.05, 3.63) is 18.5 Å². The van der Waals surface area contributed by atoms with Gasteiger partial charge in [-0.1, -0.05) is 0 Å². The number of ether oxygens (including phenoxy) is 1. The fraction of sp³-hybridized carbons (Fsp3) is 0.615. The van der Waals surface area contributed by atoms with Crippen molar-refractivity contribution >= 4 is 11.9 Å². The number of esters is 1. The Bertz CT molecular complexity index is 445. The Kier molecular flexibility index (Phi) is 3.33. The number of piperazine rings is 1. The van der Waals surface area contributed by atoms with Crippen LogP contribution in [-0.4, -0.2) is 59.2 Å². The van der Waals surface area contributed by atoms with Gasteiger partial charge in [0.05, 0.1) is 0 Å². The molecule has 2 aliphatic rings. The van der Waals surface area contributed by atoms with E-state index < -0.39 is 0 Å². The van der Waals surface area contributed by atoms with E-state index in [1.807, 2.05) is 13.0 Å². The number of hydrogen-bond acceptors (Lipinski definition) is 6. The predicted octanol–water partition coefficient (Wildman–Crippen LogP) is 0.303. The van der Waals surface area contributed by atoms with E-state index in [0.29, 0.717) is 0 Å². The first-order chi connectivity index (χ1) is 9.24. The number of carbonyl (C=O) groups is 1. The van der Waals surface area contributed by atoms with Gasteiger partial charge in [-0.25, -0.2) is 9.97 Å². The summed E-state index contributed by atoms with van der Waals surface area (Å²) in [6, 6.07) is 1.75. The molecule has 6 nitrogen and oxygen atoms in total. The molecule has 6 heteroatoms. The van der Waals surface area contributed by atoms with E-state index in [1.54, 1.807) is 12.4 Å². The van der Waals surface area contributed by atoms with Crippen LogP contribution in [0.4, 0.5) is 5.95 Å². The van der Waals surface area contributed by atoms with Gasteiger partial charge < -0.3 is 9.64 Å².